The zero-order valence-electron chi connectivity index (χ0n) is 15.6. The maximum absolute atomic E-state index is 10.3. The van der Waals surface area contributed by atoms with Gasteiger partial charge >= 0.3 is 0 Å². The van der Waals surface area contributed by atoms with Crippen LogP contribution in [0.15, 0.2) is 0 Å². The third-order valence-corrected chi connectivity index (χ3v) is 5.94. The van der Waals surface area contributed by atoms with Crippen LogP contribution in [0.25, 0.3) is 0 Å². The molecular formula is C14H34O5Si3. The molecule has 0 amide bonds. The van der Waals surface area contributed by atoms with E-state index in [4.69, 9.17) is 18.0 Å². The van der Waals surface area contributed by atoms with E-state index in [-0.39, 0.29) is 12.2 Å². The molecule has 0 aromatic heterocycles. The predicted molar refractivity (Wildman–Crippen MR) is 96.6 cm³/mol. The van der Waals surface area contributed by atoms with Crippen LogP contribution in [0.4, 0.5) is 0 Å². The van der Waals surface area contributed by atoms with E-state index in [0.717, 1.165) is 0 Å². The van der Waals surface area contributed by atoms with Crippen molar-refractivity contribution in [2.24, 2.45) is 0 Å². The molecule has 5 nitrogen and oxygen atoms in total. The number of hydrogen-bond donors (Lipinski definition) is 1. The fourth-order valence-corrected chi connectivity index (χ4v) is 5.09. The van der Waals surface area contributed by atoms with Gasteiger partial charge in [-0.15, -0.1) is 0 Å². The average molecular weight is 367 g/mol. The first-order valence-corrected chi connectivity index (χ1v) is 18.2. The molecule has 0 saturated carbocycles. The molecule has 132 valence electrons. The minimum atomic E-state index is -1.81. The zero-order chi connectivity index (χ0) is 17.3. The number of hydrogen-bond acceptors (Lipinski definition) is 5. The van der Waals surface area contributed by atoms with Gasteiger partial charge in [0.2, 0.25) is 0 Å². The van der Waals surface area contributed by atoms with Gasteiger partial charge in [-0.25, -0.2) is 0 Å². The first kappa shape index (κ1) is 20.5. The van der Waals surface area contributed by atoms with E-state index >= 15 is 0 Å². The maximum atomic E-state index is 10.3. The van der Waals surface area contributed by atoms with E-state index in [1.165, 1.54) is 0 Å². The number of aliphatic hydroxyl groups is 1. The molecular weight excluding hydrogens is 332 g/mol. The SMILES string of the molecule is C[Si](C)(C)OC[C@H]1O[C@@H](O)[C@@H](O[Si](C)(C)C)[C@@H]1O[Si](C)(C)C. The van der Waals surface area contributed by atoms with Gasteiger partial charge in [0.25, 0.3) is 0 Å². The Morgan fingerprint density at radius 2 is 1.23 bits per heavy atom. The highest BCUT2D eigenvalue weighted by atomic mass is 28.4. The Bertz CT molecular complexity index is 359. The fourth-order valence-electron chi connectivity index (χ4n) is 2.26. The third kappa shape index (κ3) is 7.35. The largest absolute Gasteiger partial charge is 0.415 e. The average Bonchev–Trinajstić information content (AvgIpc) is 2.49. The molecule has 0 radical (unpaired) electrons. The van der Waals surface area contributed by atoms with Crippen molar-refractivity contribution in [3.8, 4) is 0 Å². The van der Waals surface area contributed by atoms with Crippen LogP contribution in [0.3, 0.4) is 0 Å². The molecule has 22 heavy (non-hydrogen) atoms. The van der Waals surface area contributed by atoms with Crippen LogP contribution in [0.1, 0.15) is 0 Å². The van der Waals surface area contributed by atoms with Crippen molar-refractivity contribution in [2.45, 2.75) is 83.5 Å². The smallest absolute Gasteiger partial charge is 0.184 e. The molecule has 8 heteroatoms. The lowest BCUT2D eigenvalue weighted by atomic mass is 10.1. The van der Waals surface area contributed by atoms with Crippen LogP contribution in [0, 0.1) is 0 Å². The predicted octanol–water partition coefficient (Wildman–Crippen LogP) is 3.00. The lowest BCUT2D eigenvalue weighted by Crippen LogP contribution is -2.49. The highest BCUT2D eigenvalue weighted by Crippen LogP contribution is 2.30. The van der Waals surface area contributed by atoms with Crippen molar-refractivity contribution in [1.82, 2.24) is 0 Å². The van der Waals surface area contributed by atoms with E-state index in [1.807, 2.05) is 0 Å². The zero-order valence-corrected chi connectivity index (χ0v) is 18.6. The minimum absolute atomic E-state index is 0.259. The van der Waals surface area contributed by atoms with Crippen molar-refractivity contribution in [3.63, 3.8) is 0 Å². The summed E-state index contributed by atoms with van der Waals surface area (Å²) in [6.45, 7) is 19.6. The summed E-state index contributed by atoms with van der Waals surface area (Å²) in [5.41, 5.74) is 0. The summed E-state index contributed by atoms with van der Waals surface area (Å²) in [7, 11) is -5.23. The molecule has 1 aliphatic rings. The Morgan fingerprint density at radius 3 is 1.64 bits per heavy atom. The Labute approximate surface area is 138 Å². The molecule has 1 aliphatic heterocycles. The summed E-state index contributed by atoms with van der Waals surface area (Å²) >= 11 is 0. The van der Waals surface area contributed by atoms with Crippen LogP contribution < -0.4 is 0 Å². The van der Waals surface area contributed by atoms with E-state index in [9.17, 15) is 5.11 Å². The van der Waals surface area contributed by atoms with Gasteiger partial charge in [-0.2, -0.15) is 0 Å². The fraction of sp³-hybridized carbons (Fsp3) is 1.00. The van der Waals surface area contributed by atoms with Crippen molar-refractivity contribution in [1.29, 1.82) is 0 Å². The highest BCUT2D eigenvalue weighted by molar-refractivity contribution is 6.70. The van der Waals surface area contributed by atoms with Gasteiger partial charge in [0.05, 0.1) is 6.61 Å². The summed E-state index contributed by atoms with van der Waals surface area (Å²) in [4.78, 5) is 0. The summed E-state index contributed by atoms with van der Waals surface area (Å²) < 4.78 is 24.1. The van der Waals surface area contributed by atoms with Gasteiger partial charge in [0.1, 0.15) is 18.3 Å². The first-order chi connectivity index (χ1) is 9.68. The van der Waals surface area contributed by atoms with Crippen LogP contribution in [-0.4, -0.2) is 61.3 Å². The van der Waals surface area contributed by atoms with E-state index in [2.05, 4.69) is 58.9 Å². The second-order valence-electron chi connectivity index (χ2n) is 8.88. The Hall–Kier alpha value is 0.451. The van der Waals surface area contributed by atoms with Gasteiger partial charge < -0.3 is 23.1 Å². The van der Waals surface area contributed by atoms with Crippen molar-refractivity contribution in [3.05, 3.63) is 0 Å². The highest BCUT2D eigenvalue weighted by Gasteiger charge is 2.48. The Morgan fingerprint density at radius 1 is 0.773 bits per heavy atom. The molecule has 1 rings (SSSR count). The van der Waals surface area contributed by atoms with E-state index < -0.39 is 37.3 Å². The quantitative estimate of drug-likeness (QED) is 0.702. The molecule has 0 aliphatic carbocycles. The van der Waals surface area contributed by atoms with Crippen molar-refractivity contribution >= 4 is 25.0 Å². The second kappa shape index (κ2) is 7.14. The Kier molecular flexibility index (Phi) is 6.65. The monoisotopic (exact) mass is 366 g/mol. The van der Waals surface area contributed by atoms with Crippen molar-refractivity contribution in [2.75, 3.05) is 6.61 Å². The second-order valence-corrected chi connectivity index (χ2v) is 22.3. The lowest BCUT2D eigenvalue weighted by molar-refractivity contribution is -0.128. The van der Waals surface area contributed by atoms with Crippen LogP contribution >= 0.6 is 0 Å². The molecule has 1 heterocycles. The molecule has 0 unspecified atom stereocenters. The molecule has 0 bridgehead atoms. The topological polar surface area (TPSA) is 57.2 Å². The number of aliphatic hydroxyl groups excluding tert-OH is 1. The molecule has 1 saturated heterocycles. The normalized spacial score (nSPS) is 30.8. The van der Waals surface area contributed by atoms with Gasteiger partial charge in [-0.3, -0.25) is 0 Å². The van der Waals surface area contributed by atoms with Crippen LogP contribution in [-0.2, 0) is 18.0 Å². The van der Waals surface area contributed by atoms with Gasteiger partial charge in [0, 0.05) is 0 Å². The Balaban J connectivity index is 2.87. The standard InChI is InChI=1S/C14H34O5Si3/c1-20(2,3)16-10-11-12(18-21(4,5)6)13(14(15)17-11)19-22(7,8)9/h11-15H,10H2,1-9H3/t11-,12-,13+,14-/m1/s1. The molecule has 1 N–H and O–H groups in total. The summed E-state index contributed by atoms with van der Waals surface area (Å²) in [5, 5.41) is 10.3. The molecule has 4 atom stereocenters. The van der Waals surface area contributed by atoms with Gasteiger partial charge in [-0.05, 0) is 58.9 Å². The third-order valence-electron chi connectivity index (χ3n) is 2.95. The van der Waals surface area contributed by atoms with Gasteiger partial charge in [-0.1, -0.05) is 0 Å². The van der Waals surface area contributed by atoms with Gasteiger partial charge in [0.15, 0.2) is 31.2 Å². The summed E-state index contributed by atoms with van der Waals surface area (Å²) in [5.74, 6) is 0. The molecule has 0 spiro atoms. The number of ether oxygens (including phenoxy) is 1. The maximum Gasteiger partial charge on any atom is 0.184 e. The van der Waals surface area contributed by atoms with Crippen molar-refractivity contribution < 1.29 is 23.1 Å². The minimum Gasteiger partial charge on any atom is -0.415 e. The first-order valence-electron chi connectivity index (χ1n) is 8.01. The van der Waals surface area contributed by atoms with Crippen LogP contribution in [0.5, 0.6) is 0 Å². The van der Waals surface area contributed by atoms with Crippen LogP contribution in [0.2, 0.25) is 58.9 Å². The lowest BCUT2D eigenvalue weighted by Gasteiger charge is -2.33. The van der Waals surface area contributed by atoms with E-state index in [0.29, 0.717) is 6.61 Å². The molecule has 1 fully saturated rings. The molecule has 0 aromatic rings. The number of rotatable bonds is 7. The van der Waals surface area contributed by atoms with E-state index in [1.54, 1.807) is 0 Å². The summed E-state index contributed by atoms with van der Waals surface area (Å²) in [6.07, 6.45) is -1.89. The molecule has 0 aromatic carbocycles. The summed E-state index contributed by atoms with van der Waals surface area (Å²) in [6, 6.07) is 0.